The first-order valence-corrected chi connectivity index (χ1v) is 9.92. The fraction of sp³-hybridized carbons (Fsp3) is 0.400. The Bertz CT molecular complexity index is 1310. The second-order valence-corrected chi connectivity index (χ2v) is 7.92. The minimum absolute atomic E-state index is 0.105. The molecule has 1 aliphatic heterocycles. The summed E-state index contributed by atoms with van der Waals surface area (Å²) >= 11 is 0. The standard InChI is InChI=1S/C20H23N9O/c1-12-7-13(2)29(24-12)17-5-6-18(30)28(25-17)11-15-9-27(10-15)20-16-8-21-26(4)19(16)22-14(3)23-20/h5-8,15H,9-11H2,1-4H3. The molecule has 0 spiro atoms. The number of aromatic nitrogens is 8. The molecule has 1 saturated heterocycles. The van der Waals surface area contributed by atoms with E-state index < -0.39 is 0 Å². The van der Waals surface area contributed by atoms with Crippen LogP contribution in [0, 0.1) is 26.7 Å². The first kappa shape index (κ1) is 18.5. The van der Waals surface area contributed by atoms with E-state index in [0.29, 0.717) is 18.3 Å². The average molecular weight is 405 g/mol. The molecular formula is C20H23N9O. The topological polar surface area (TPSA) is 99.6 Å². The molecule has 1 aliphatic rings. The summed E-state index contributed by atoms with van der Waals surface area (Å²) in [5.41, 5.74) is 2.63. The van der Waals surface area contributed by atoms with Crippen molar-refractivity contribution in [3.05, 3.63) is 52.0 Å². The van der Waals surface area contributed by atoms with Gasteiger partial charge in [0.15, 0.2) is 11.5 Å². The molecule has 4 aromatic heterocycles. The van der Waals surface area contributed by atoms with Gasteiger partial charge in [0.1, 0.15) is 11.6 Å². The Hall–Kier alpha value is -3.56. The zero-order valence-corrected chi connectivity index (χ0v) is 17.4. The zero-order valence-electron chi connectivity index (χ0n) is 17.4. The number of rotatable bonds is 4. The Morgan fingerprint density at radius 2 is 1.90 bits per heavy atom. The third-order valence-electron chi connectivity index (χ3n) is 5.45. The molecule has 0 saturated carbocycles. The van der Waals surface area contributed by atoms with Crippen molar-refractivity contribution in [2.24, 2.45) is 13.0 Å². The van der Waals surface area contributed by atoms with Gasteiger partial charge < -0.3 is 4.90 Å². The molecule has 154 valence electrons. The molecule has 0 atom stereocenters. The third kappa shape index (κ3) is 3.04. The lowest BCUT2D eigenvalue weighted by Gasteiger charge is -2.40. The van der Waals surface area contributed by atoms with Crippen molar-refractivity contribution >= 4 is 16.9 Å². The fourth-order valence-electron chi connectivity index (χ4n) is 4.00. The van der Waals surface area contributed by atoms with Crippen LogP contribution in [0.1, 0.15) is 17.2 Å². The highest BCUT2D eigenvalue weighted by atomic mass is 16.1. The molecule has 0 aromatic carbocycles. The molecule has 30 heavy (non-hydrogen) atoms. The van der Waals surface area contributed by atoms with Crippen LogP contribution in [-0.2, 0) is 13.6 Å². The Morgan fingerprint density at radius 1 is 1.10 bits per heavy atom. The van der Waals surface area contributed by atoms with Crippen LogP contribution in [0.25, 0.3) is 16.9 Å². The van der Waals surface area contributed by atoms with Gasteiger partial charge >= 0.3 is 0 Å². The summed E-state index contributed by atoms with van der Waals surface area (Å²) in [5.74, 6) is 2.59. The van der Waals surface area contributed by atoms with Crippen molar-refractivity contribution in [1.82, 2.24) is 39.3 Å². The monoisotopic (exact) mass is 405 g/mol. The van der Waals surface area contributed by atoms with Crippen LogP contribution in [-0.4, -0.2) is 52.4 Å². The van der Waals surface area contributed by atoms with E-state index in [2.05, 4.69) is 30.2 Å². The van der Waals surface area contributed by atoms with Gasteiger partial charge in [-0.1, -0.05) is 0 Å². The summed E-state index contributed by atoms with van der Waals surface area (Å²) in [5, 5.41) is 14.3. The maximum absolute atomic E-state index is 12.4. The van der Waals surface area contributed by atoms with Crippen LogP contribution in [0.4, 0.5) is 5.82 Å². The number of fused-ring (bicyclic) bond motifs is 1. The summed E-state index contributed by atoms with van der Waals surface area (Å²) in [4.78, 5) is 23.7. The smallest absolute Gasteiger partial charge is 0.266 e. The third-order valence-corrected chi connectivity index (χ3v) is 5.45. The molecule has 10 heteroatoms. The lowest BCUT2D eigenvalue weighted by molar-refractivity contribution is 0.332. The van der Waals surface area contributed by atoms with Crippen LogP contribution < -0.4 is 10.5 Å². The summed E-state index contributed by atoms with van der Waals surface area (Å²) < 4.78 is 5.07. The number of hydrogen-bond acceptors (Lipinski definition) is 7. The molecule has 5 heterocycles. The molecular weight excluding hydrogens is 382 g/mol. The van der Waals surface area contributed by atoms with E-state index in [-0.39, 0.29) is 5.56 Å². The van der Waals surface area contributed by atoms with Gasteiger partial charge in [-0.2, -0.15) is 10.2 Å². The molecule has 0 amide bonds. The summed E-state index contributed by atoms with van der Waals surface area (Å²) in [6.07, 6.45) is 1.81. The predicted molar refractivity (Wildman–Crippen MR) is 112 cm³/mol. The molecule has 0 unspecified atom stereocenters. The van der Waals surface area contributed by atoms with Gasteiger partial charge in [-0.15, -0.1) is 5.10 Å². The van der Waals surface area contributed by atoms with E-state index >= 15 is 0 Å². The van der Waals surface area contributed by atoms with Gasteiger partial charge in [0.25, 0.3) is 5.56 Å². The highest BCUT2D eigenvalue weighted by molar-refractivity contribution is 5.87. The highest BCUT2D eigenvalue weighted by Crippen LogP contribution is 2.29. The van der Waals surface area contributed by atoms with Gasteiger partial charge in [-0.25, -0.2) is 19.3 Å². The maximum Gasteiger partial charge on any atom is 0.266 e. The molecule has 10 nitrogen and oxygen atoms in total. The Labute approximate surface area is 172 Å². The molecule has 1 fully saturated rings. The molecule has 0 radical (unpaired) electrons. The molecule has 0 bridgehead atoms. The Morgan fingerprint density at radius 3 is 2.63 bits per heavy atom. The number of hydrogen-bond donors (Lipinski definition) is 0. The number of aryl methyl sites for hydroxylation is 4. The lowest BCUT2D eigenvalue weighted by Crippen LogP contribution is -2.50. The van der Waals surface area contributed by atoms with Crippen molar-refractivity contribution in [3.8, 4) is 5.82 Å². The van der Waals surface area contributed by atoms with E-state index in [1.165, 1.54) is 0 Å². The van der Waals surface area contributed by atoms with E-state index in [0.717, 1.165) is 47.2 Å². The molecule has 0 aliphatic carbocycles. The SMILES string of the molecule is Cc1cc(C)n(-c2ccc(=O)n(CC3CN(c4nc(C)nc5c4cnn5C)C3)n2)n1. The normalized spacial score (nSPS) is 14.5. The number of anilines is 1. The zero-order chi connectivity index (χ0) is 21.0. The second kappa shape index (κ2) is 6.75. The minimum Gasteiger partial charge on any atom is -0.355 e. The van der Waals surface area contributed by atoms with Crippen LogP contribution in [0.3, 0.4) is 0 Å². The van der Waals surface area contributed by atoms with E-state index in [4.69, 9.17) is 0 Å². The Balaban J connectivity index is 1.35. The quantitative estimate of drug-likeness (QED) is 0.502. The Kier molecular flexibility index (Phi) is 4.16. The molecule has 4 aromatic rings. The van der Waals surface area contributed by atoms with E-state index in [9.17, 15) is 4.79 Å². The number of nitrogens with zero attached hydrogens (tertiary/aromatic N) is 9. The van der Waals surface area contributed by atoms with E-state index in [1.807, 2.05) is 33.9 Å². The maximum atomic E-state index is 12.4. The van der Waals surface area contributed by atoms with Crippen molar-refractivity contribution < 1.29 is 0 Å². The summed E-state index contributed by atoms with van der Waals surface area (Å²) in [6, 6.07) is 5.26. The molecule has 0 N–H and O–H groups in total. The average Bonchev–Trinajstić information content (AvgIpc) is 3.20. The van der Waals surface area contributed by atoms with Crippen LogP contribution in [0.5, 0.6) is 0 Å². The van der Waals surface area contributed by atoms with Gasteiger partial charge in [0.05, 0.1) is 23.8 Å². The summed E-state index contributed by atoms with van der Waals surface area (Å²) in [6.45, 7) is 7.97. The van der Waals surface area contributed by atoms with Crippen LogP contribution in [0.2, 0.25) is 0 Å². The van der Waals surface area contributed by atoms with Crippen molar-refractivity contribution in [1.29, 1.82) is 0 Å². The van der Waals surface area contributed by atoms with Gasteiger partial charge in [-0.3, -0.25) is 9.48 Å². The van der Waals surface area contributed by atoms with Crippen molar-refractivity contribution in [2.45, 2.75) is 27.3 Å². The van der Waals surface area contributed by atoms with Crippen LogP contribution in [0.15, 0.2) is 29.2 Å². The predicted octanol–water partition coefficient (Wildman–Crippen LogP) is 1.17. The largest absolute Gasteiger partial charge is 0.355 e. The van der Waals surface area contributed by atoms with Crippen molar-refractivity contribution in [2.75, 3.05) is 18.0 Å². The minimum atomic E-state index is -0.105. The van der Waals surface area contributed by atoms with Crippen LogP contribution >= 0.6 is 0 Å². The molecule has 5 rings (SSSR count). The van der Waals surface area contributed by atoms with Gasteiger partial charge in [0.2, 0.25) is 0 Å². The lowest BCUT2D eigenvalue weighted by atomic mass is 10.00. The second-order valence-electron chi connectivity index (χ2n) is 7.92. The first-order valence-electron chi connectivity index (χ1n) is 9.92. The first-order chi connectivity index (χ1) is 14.4. The van der Waals surface area contributed by atoms with E-state index in [1.54, 1.807) is 32.4 Å². The highest BCUT2D eigenvalue weighted by Gasteiger charge is 2.30. The van der Waals surface area contributed by atoms with Gasteiger partial charge in [-0.05, 0) is 32.9 Å². The summed E-state index contributed by atoms with van der Waals surface area (Å²) in [7, 11) is 1.88. The van der Waals surface area contributed by atoms with Gasteiger partial charge in [0, 0.05) is 37.8 Å². The van der Waals surface area contributed by atoms with Crippen molar-refractivity contribution in [3.63, 3.8) is 0 Å². The fourth-order valence-corrected chi connectivity index (χ4v) is 4.00.